The lowest BCUT2D eigenvalue weighted by molar-refractivity contribution is 0.171. The van der Waals surface area contributed by atoms with Crippen LogP contribution in [0.4, 0.5) is 4.79 Å². The minimum atomic E-state index is -0.239. The van der Waals surface area contributed by atoms with Gasteiger partial charge in [-0.15, -0.1) is 0 Å². The standard InChI is InChI=1S/C7H11NO2S/c9-6-8-7(5-10-6)1-3-11-4-2-7/h1-5H2,(H,8,9). The Bertz CT molecular complexity index is 177. The Balaban J connectivity index is 2.03. The van der Waals surface area contributed by atoms with Crippen molar-refractivity contribution < 1.29 is 9.53 Å². The summed E-state index contributed by atoms with van der Waals surface area (Å²) in [7, 11) is 0. The van der Waals surface area contributed by atoms with Crippen LogP contribution in [-0.4, -0.2) is 29.7 Å². The SMILES string of the molecule is O=C1NC2(CCSCC2)CO1. The zero-order valence-electron chi connectivity index (χ0n) is 6.26. The van der Waals surface area contributed by atoms with E-state index in [0.717, 1.165) is 24.3 Å². The van der Waals surface area contributed by atoms with Crippen molar-refractivity contribution in [1.29, 1.82) is 0 Å². The number of cyclic esters (lactones) is 1. The lowest BCUT2D eigenvalue weighted by atomic mass is 9.94. The number of carbonyl (C=O) groups excluding carboxylic acids is 1. The maximum absolute atomic E-state index is 10.8. The number of alkyl carbamates (subject to hydrolysis) is 1. The highest BCUT2D eigenvalue weighted by atomic mass is 32.2. The molecule has 62 valence electrons. The molecule has 0 bridgehead atoms. The number of carbonyl (C=O) groups is 1. The maximum Gasteiger partial charge on any atom is 0.407 e. The van der Waals surface area contributed by atoms with Gasteiger partial charge in [0.1, 0.15) is 6.61 Å². The van der Waals surface area contributed by atoms with Gasteiger partial charge in [0.25, 0.3) is 0 Å². The second kappa shape index (κ2) is 2.59. The van der Waals surface area contributed by atoms with Gasteiger partial charge in [0, 0.05) is 0 Å². The Labute approximate surface area is 69.9 Å². The summed E-state index contributed by atoms with van der Waals surface area (Å²) in [5.41, 5.74) is 0.00231. The molecule has 2 aliphatic rings. The lowest BCUT2D eigenvalue weighted by Crippen LogP contribution is -2.46. The minimum Gasteiger partial charge on any atom is -0.447 e. The highest BCUT2D eigenvalue weighted by Crippen LogP contribution is 2.29. The van der Waals surface area contributed by atoms with Crippen LogP contribution in [0.5, 0.6) is 0 Å². The van der Waals surface area contributed by atoms with E-state index in [1.807, 2.05) is 11.8 Å². The molecule has 1 amide bonds. The van der Waals surface area contributed by atoms with Gasteiger partial charge in [0.15, 0.2) is 0 Å². The molecular weight excluding hydrogens is 162 g/mol. The van der Waals surface area contributed by atoms with Crippen molar-refractivity contribution in [2.24, 2.45) is 0 Å². The fourth-order valence-electron chi connectivity index (χ4n) is 1.52. The highest BCUT2D eigenvalue weighted by Gasteiger charge is 2.40. The largest absolute Gasteiger partial charge is 0.447 e. The van der Waals surface area contributed by atoms with E-state index in [0.29, 0.717) is 6.61 Å². The van der Waals surface area contributed by atoms with Crippen molar-refractivity contribution in [3.8, 4) is 0 Å². The van der Waals surface area contributed by atoms with Crippen LogP contribution in [0.25, 0.3) is 0 Å². The summed E-state index contributed by atoms with van der Waals surface area (Å²) in [4.78, 5) is 10.8. The summed E-state index contributed by atoms with van der Waals surface area (Å²) in [6, 6.07) is 0. The van der Waals surface area contributed by atoms with Crippen LogP contribution >= 0.6 is 11.8 Å². The molecule has 0 unspecified atom stereocenters. The molecule has 2 heterocycles. The molecule has 0 aliphatic carbocycles. The number of nitrogens with one attached hydrogen (secondary N) is 1. The third-order valence-corrected chi connectivity index (χ3v) is 3.28. The van der Waals surface area contributed by atoms with Crippen LogP contribution in [0.15, 0.2) is 0 Å². The van der Waals surface area contributed by atoms with E-state index in [9.17, 15) is 4.79 Å². The topological polar surface area (TPSA) is 38.3 Å². The maximum atomic E-state index is 10.8. The van der Waals surface area contributed by atoms with Crippen molar-refractivity contribution >= 4 is 17.9 Å². The van der Waals surface area contributed by atoms with E-state index in [1.54, 1.807) is 0 Å². The highest BCUT2D eigenvalue weighted by molar-refractivity contribution is 7.99. The fraction of sp³-hybridized carbons (Fsp3) is 0.857. The van der Waals surface area contributed by atoms with Crippen LogP contribution in [0.1, 0.15) is 12.8 Å². The van der Waals surface area contributed by atoms with Gasteiger partial charge in [-0.3, -0.25) is 0 Å². The first-order chi connectivity index (χ1) is 5.31. The van der Waals surface area contributed by atoms with Crippen LogP contribution in [0, 0.1) is 0 Å². The second-order valence-electron chi connectivity index (χ2n) is 3.09. The monoisotopic (exact) mass is 173 g/mol. The minimum absolute atomic E-state index is 0.00231. The zero-order chi connectivity index (χ0) is 7.73. The van der Waals surface area contributed by atoms with Crippen LogP contribution < -0.4 is 5.32 Å². The van der Waals surface area contributed by atoms with Gasteiger partial charge in [-0.05, 0) is 24.3 Å². The number of amides is 1. The summed E-state index contributed by atoms with van der Waals surface area (Å²) in [5.74, 6) is 2.28. The Morgan fingerprint density at radius 1 is 1.45 bits per heavy atom. The van der Waals surface area contributed by atoms with Gasteiger partial charge in [0.2, 0.25) is 0 Å². The van der Waals surface area contributed by atoms with Crippen molar-refractivity contribution in [3.05, 3.63) is 0 Å². The van der Waals surface area contributed by atoms with Crippen molar-refractivity contribution in [2.75, 3.05) is 18.1 Å². The Hall–Kier alpha value is -0.380. The Morgan fingerprint density at radius 2 is 2.18 bits per heavy atom. The second-order valence-corrected chi connectivity index (χ2v) is 4.32. The first kappa shape index (κ1) is 7.28. The van der Waals surface area contributed by atoms with E-state index in [1.165, 1.54) is 0 Å². The number of ether oxygens (including phenoxy) is 1. The van der Waals surface area contributed by atoms with E-state index >= 15 is 0 Å². The summed E-state index contributed by atoms with van der Waals surface area (Å²) in [6.07, 6.45) is 1.88. The van der Waals surface area contributed by atoms with Gasteiger partial charge in [0.05, 0.1) is 5.54 Å². The van der Waals surface area contributed by atoms with E-state index < -0.39 is 0 Å². The molecule has 1 N–H and O–H groups in total. The number of rotatable bonds is 0. The predicted octanol–water partition coefficient (Wildman–Crippen LogP) is 0.992. The molecule has 2 rings (SSSR count). The van der Waals surface area contributed by atoms with Crippen LogP contribution in [-0.2, 0) is 4.74 Å². The van der Waals surface area contributed by atoms with Gasteiger partial charge >= 0.3 is 6.09 Å². The number of hydrogen-bond acceptors (Lipinski definition) is 3. The van der Waals surface area contributed by atoms with E-state index in [-0.39, 0.29) is 11.6 Å². The fourth-order valence-corrected chi connectivity index (χ4v) is 2.80. The average molecular weight is 173 g/mol. The molecule has 2 fully saturated rings. The molecule has 3 nitrogen and oxygen atoms in total. The predicted molar refractivity (Wildman–Crippen MR) is 43.8 cm³/mol. The third-order valence-electron chi connectivity index (χ3n) is 2.30. The Morgan fingerprint density at radius 3 is 2.73 bits per heavy atom. The summed E-state index contributed by atoms with van der Waals surface area (Å²) >= 11 is 1.95. The first-order valence-electron chi connectivity index (χ1n) is 3.83. The van der Waals surface area contributed by atoms with Gasteiger partial charge in [-0.2, -0.15) is 11.8 Å². The van der Waals surface area contributed by atoms with Crippen molar-refractivity contribution in [1.82, 2.24) is 5.32 Å². The molecule has 0 aromatic rings. The molecule has 0 saturated carbocycles. The van der Waals surface area contributed by atoms with Crippen molar-refractivity contribution in [3.63, 3.8) is 0 Å². The molecule has 0 aromatic heterocycles. The van der Waals surface area contributed by atoms with Gasteiger partial charge in [-0.1, -0.05) is 0 Å². The zero-order valence-corrected chi connectivity index (χ0v) is 7.08. The van der Waals surface area contributed by atoms with Crippen LogP contribution in [0.2, 0.25) is 0 Å². The lowest BCUT2D eigenvalue weighted by Gasteiger charge is -2.29. The number of hydrogen-bond donors (Lipinski definition) is 1. The molecule has 0 atom stereocenters. The molecular formula is C7H11NO2S. The first-order valence-corrected chi connectivity index (χ1v) is 4.99. The van der Waals surface area contributed by atoms with Crippen LogP contribution in [0.3, 0.4) is 0 Å². The molecule has 11 heavy (non-hydrogen) atoms. The van der Waals surface area contributed by atoms with Gasteiger partial charge in [-0.25, -0.2) is 4.79 Å². The summed E-state index contributed by atoms with van der Waals surface area (Å²) in [6.45, 7) is 0.576. The Kier molecular flexibility index (Phi) is 1.71. The van der Waals surface area contributed by atoms with Gasteiger partial charge < -0.3 is 10.1 Å². The normalized spacial score (nSPS) is 28.2. The molecule has 2 saturated heterocycles. The molecule has 1 spiro atoms. The average Bonchev–Trinajstić information content (AvgIpc) is 2.34. The summed E-state index contributed by atoms with van der Waals surface area (Å²) < 4.78 is 4.89. The van der Waals surface area contributed by atoms with E-state index in [4.69, 9.17) is 4.74 Å². The molecule has 0 aromatic carbocycles. The third kappa shape index (κ3) is 1.31. The molecule has 2 aliphatic heterocycles. The smallest absolute Gasteiger partial charge is 0.407 e. The summed E-state index contributed by atoms with van der Waals surface area (Å²) in [5, 5.41) is 2.89. The van der Waals surface area contributed by atoms with E-state index in [2.05, 4.69) is 5.32 Å². The quantitative estimate of drug-likeness (QED) is 0.593. The molecule has 4 heteroatoms. The molecule has 0 radical (unpaired) electrons. The number of thioether (sulfide) groups is 1. The van der Waals surface area contributed by atoms with Crippen molar-refractivity contribution in [2.45, 2.75) is 18.4 Å².